The summed E-state index contributed by atoms with van der Waals surface area (Å²) in [5.41, 5.74) is 1.53. The summed E-state index contributed by atoms with van der Waals surface area (Å²) in [5, 5.41) is 6.61. The predicted molar refractivity (Wildman–Crippen MR) is 102 cm³/mol. The third-order valence-corrected chi connectivity index (χ3v) is 5.49. The van der Waals surface area contributed by atoms with Crippen LogP contribution < -0.4 is 5.32 Å². The molecule has 3 heterocycles. The molecule has 1 aliphatic rings. The van der Waals surface area contributed by atoms with Crippen molar-refractivity contribution in [3.63, 3.8) is 0 Å². The molecule has 3 aromatic rings. The second-order valence-electron chi connectivity index (χ2n) is 5.47. The van der Waals surface area contributed by atoms with Crippen molar-refractivity contribution < 1.29 is 13.6 Å². The Hall–Kier alpha value is -2.58. The maximum atomic E-state index is 13.0. The Bertz CT molecular complexity index is 936. The Morgan fingerprint density at radius 1 is 1.31 bits per heavy atom. The molecule has 0 radical (unpaired) electrons. The predicted octanol–water partition coefficient (Wildman–Crippen LogP) is 4.81. The van der Waals surface area contributed by atoms with E-state index in [0.29, 0.717) is 17.4 Å². The highest BCUT2D eigenvalue weighted by Crippen LogP contribution is 2.32. The van der Waals surface area contributed by atoms with Crippen LogP contribution in [0.3, 0.4) is 0 Å². The number of carbonyl (C=O) groups excluding carboxylic acids is 1. The number of thiazole rings is 1. The third kappa shape index (κ3) is 3.66. The Balaban J connectivity index is 1.50. The standard InChI is InChI=1S/C18H14FN3O2S2/c19-12-3-5-13(6-4-12)20-18-21-14(11-26-18)10-16-22(7-9-25-16)17(23)15-2-1-8-24-15/h1-6,8,10-11H,7,9H2,(H,20,21)/b16-10+. The first-order valence-corrected chi connectivity index (χ1v) is 9.73. The summed E-state index contributed by atoms with van der Waals surface area (Å²) < 4.78 is 18.2. The van der Waals surface area contributed by atoms with Crippen molar-refractivity contribution in [1.82, 2.24) is 9.88 Å². The Kier molecular flexibility index (Phi) is 4.77. The summed E-state index contributed by atoms with van der Waals surface area (Å²) >= 11 is 3.06. The molecule has 0 unspecified atom stereocenters. The van der Waals surface area contributed by atoms with Gasteiger partial charge in [0.2, 0.25) is 0 Å². The number of hydrogen-bond donors (Lipinski definition) is 1. The van der Waals surface area contributed by atoms with Crippen molar-refractivity contribution >= 4 is 45.9 Å². The number of hydrogen-bond acceptors (Lipinski definition) is 6. The van der Waals surface area contributed by atoms with Crippen LogP contribution >= 0.6 is 23.1 Å². The number of furan rings is 1. The number of aromatic nitrogens is 1. The van der Waals surface area contributed by atoms with Gasteiger partial charge >= 0.3 is 0 Å². The van der Waals surface area contributed by atoms with Gasteiger partial charge in [0.15, 0.2) is 10.9 Å². The van der Waals surface area contributed by atoms with Gasteiger partial charge in [-0.15, -0.1) is 23.1 Å². The largest absolute Gasteiger partial charge is 0.459 e. The molecule has 0 aliphatic carbocycles. The molecule has 5 nitrogen and oxygen atoms in total. The van der Waals surface area contributed by atoms with E-state index < -0.39 is 0 Å². The second kappa shape index (κ2) is 7.35. The number of thioether (sulfide) groups is 1. The maximum Gasteiger partial charge on any atom is 0.294 e. The average Bonchev–Trinajstić information content (AvgIpc) is 3.39. The minimum Gasteiger partial charge on any atom is -0.459 e. The quantitative estimate of drug-likeness (QED) is 0.696. The lowest BCUT2D eigenvalue weighted by Crippen LogP contribution is -2.26. The fourth-order valence-electron chi connectivity index (χ4n) is 2.48. The van der Waals surface area contributed by atoms with Crippen LogP contribution in [0.25, 0.3) is 6.08 Å². The fraction of sp³-hybridized carbons (Fsp3) is 0.111. The van der Waals surface area contributed by atoms with E-state index in [1.54, 1.807) is 40.9 Å². The van der Waals surface area contributed by atoms with Crippen LogP contribution in [-0.4, -0.2) is 28.1 Å². The van der Waals surface area contributed by atoms with Crippen molar-refractivity contribution in [2.75, 3.05) is 17.6 Å². The molecule has 1 fully saturated rings. The normalized spacial score (nSPS) is 15.6. The number of benzene rings is 1. The lowest BCUT2D eigenvalue weighted by molar-refractivity contribution is 0.0800. The summed E-state index contributed by atoms with van der Waals surface area (Å²) in [6.07, 6.45) is 3.39. The van der Waals surface area contributed by atoms with Gasteiger partial charge in [0, 0.05) is 23.4 Å². The molecule has 1 amide bonds. The first-order valence-electron chi connectivity index (χ1n) is 7.87. The van der Waals surface area contributed by atoms with E-state index in [9.17, 15) is 9.18 Å². The van der Waals surface area contributed by atoms with E-state index in [1.807, 2.05) is 11.5 Å². The van der Waals surface area contributed by atoms with Gasteiger partial charge in [0.25, 0.3) is 5.91 Å². The van der Waals surface area contributed by atoms with Crippen LogP contribution in [-0.2, 0) is 0 Å². The molecular weight excluding hydrogens is 373 g/mol. The van der Waals surface area contributed by atoms with Crippen LogP contribution in [0.5, 0.6) is 0 Å². The van der Waals surface area contributed by atoms with Crippen molar-refractivity contribution in [3.8, 4) is 0 Å². The monoisotopic (exact) mass is 387 g/mol. The van der Waals surface area contributed by atoms with Gasteiger partial charge in [0.05, 0.1) is 17.0 Å². The van der Waals surface area contributed by atoms with Gasteiger partial charge in [0.1, 0.15) is 5.82 Å². The SMILES string of the molecule is O=C(c1ccco1)N1CCS/C1=C/c1csc(Nc2ccc(F)cc2)n1. The molecule has 26 heavy (non-hydrogen) atoms. The summed E-state index contributed by atoms with van der Waals surface area (Å²) in [6.45, 7) is 0.640. The van der Waals surface area contributed by atoms with Crippen molar-refractivity contribution in [3.05, 3.63) is 70.3 Å². The van der Waals surface area contributed by atoms with Gasteiger partial charge in [-0.05, 0) is 42.5 Å². The van der Waals surface area contributed by atoms with E-state index in [0.717, 1.165) is 22.2 Å². The first kappa shape index (κ1) is 16.9. The number of nitrogens with one attached hydrogen (secondary N) is 1. The van der Waals surface area contributed by atoms with E-state index in [2.05, 4.69) is 10.3 Å². The fourth-order valence-corrected chi connectivity index (χ4v) is 4.18. The molecule has 1 N–H and O–H groups in total. The number of carbonyl (C=O) groups is 1. The molecule has 0 spiro atoms. The minimum absolute atomic E-state index is 0.147. The van der Waals surface area contributed by atoms with Gasteiger partial charge < -0.3 is 9.73 Å². The average molecular weight is 387 g/mol. The molecule has 4 rings (SSSR count). The summed E-state index contributed by atoms with van der Waals surface area (Å²) in [5.74, 6) is 0.740. The zero-order chi connectivity index (χ0) is 17.9. The molecule has 1 aliphatic heterocycles. The molecular formula is C18H14FN3O2S2. The van der Waals surface area contributed by atoms with Crippen molar-refractivity contribution in [2.45, 2.75) is 0 Å². The highest BCUT2D eigenvalue weighted by Gasteiger charge is 2.27. The molecule has 132 valence electrons. The number of rotatable bonds is 4. The van der Waals surface area contributed by atoms with Crippen molar-refractivity contribution in [2.24, 2.45) is 0 Å². The number of nitrogens with zero attached hydrogens (tertiary/aromatic N) is 2. The van der Waals surface area contributed by atoms with E-state index in [1.165, 1.54) is 29.7 Å². The smallest absolute Gasteiger partial charge is 0.294 e. The van der Waals surface area contributed by atoms with Gasteiger partial charge in [-0.3, -0.25) is 9.69 Å². The number of halogens is 1. The van der Waals surface area contributed by atoms with E-state index >= 15 is 0 Å². The third-order valence-electron chi connectivity index (χ3n) is 3.70. The van der Waals surface area contributed by atoms with E-state index in [-0.39, 0.29) is 11.7 Å². The molecule has 8 heteroatoms. The maximum absolute atomic E-state index is 13.0. The molecule has 1 saturated heterocycles. The molecule has 0 atom stereocenters. The highest BCUT2D eigenvalue weighted by atomic mass is 32.2. The Morgan fingerprint density at radius 3 is 2.92 bits per heavy atom. The summed E-state index contributed by atoms with van der Waals surface area (Å²) in [7, 11) is 0. The van der Waals surface area contributed by atoms with Crippen LogP contribution in [0.1, 0.15) is 16.2 Å². The highest BCUT2D eigenvalue weighted by molar-refractivity contribution is 8.03. The zero-order valence-corrected chi connectivity index (χ0v) is 15.1. The molecule has 0 bridgehead atoms. The molecule has 0 saturated carbocycles. The van der Waals surface area contributed by atoms with Crippen LogP contribution in [0.4, 0.5) is 15.2 Å². The molecule has 2 aromatic heterocycles. The number of amides is 1. The van der Waals surface area contributed by atoms with Gasteiger partial charge in [-0.25, -0.2) is 9.37 Å². The van der Waals surface area contributed by atoms with Gasteiger partial charge in [-0.2, -0.15) is 0 Å². The van der Waals surface area contributed by atoms with E-state index in [4.69, 9.17) is 4.42 Å². The van der Waals surface area contributed by atoms with Crippen molar-refractivity contribution in [1.29, 1.82) is 0 Å². The summed E-state index contributed by atoms with van der Waals surface area (Å²) in [4.78, 5) is 18.7. The summed E-state index contributed by atoms with van der Waals surface area (Å²) in [6, 6.07) is 9.47. The first-order chi connectivity index (χ1) is 12.7. The van der Waals surface area contributed by atoms with Crippen LogP contribution in [0.15, 0.2) is 57.5 Å². The zero-order valence-electron chi connectivity index (χ0n) is 13.5. The van der Waals surface area contributed by atoms with Crippen LogP contribution in [0, 0.1) is 5.82 Å². The topological polar surface area (TPSA) is 58.4 Å². The molecule has 1 aromatic carbocycles. The second-order valence-corrected chi connectivity index (χ2v) is 7.45. The lowest BCUT2D eigenvalue weighted by Gasteiger charge is -2.14. The Labute approximate surface area is 157 Å². The Morgan fingerprint density at radius 2 is 2.15 bits per heavy atom. The van der Waals surface area contributed by atoms with Crippen LogP contribution in [0.2, 0.25) is 0 Å². The number of anilines is 2. The van der Waals surface area contributed by atoms with Gasteiger partial charge in [-0.1, -0.05) is 0 Å². The minimum atomic E-state index is -0.278. The lowest BCUT2D eigenvalue weighted by atomic mass is 10.3.